The van der Waals surface area contributed by atoms with E-state index in [9.17, 15) is 4.79 Å². The number of carbonyl (C=O) groups excluding carboxylic acids is 1. The Labute approximate surface area is 131 Å². The largest absolute Gasteiger partial charge is 0.350 e. The molecular weight excluding hydrogens is 282 g/mol. The third kappa shape index (κ3) is 3.64. The van der Waals surface area contributed by atoms with Gasteiger partial charge in [0.25, 0.3) is 0 Å². The van der Waals surface area contributed by atoms with Crippen molar-refractivity contribution in [1.82, 2.24) is 15.6 Å². The molecule has 21 heavy (non-hydrogen) atoms. The Morgan fingerprint density at radius 3 is 2.62 bits per heavy atom. The first-order valence-electron chi connectivity index (χ1n) is 7.80. The van der Waals surface area contributed by atoms with Crippen LogP contribution in [-0.4, -0.2) is 22.5 Å². The van der Waals surface area contributed by atoms with Crippen LogP contribution >= 0.6 is 11.3 Å². The number of hydrogen-bond acceptors (Lipinski definition) is 4. The monoisotopic (exact) mass is 309 g/mol. The van der Waals surface area contributed by atoms with Crippen molar-refractivity contribution in [2.75, 3.05) is 0 Å². The van der Waals surface area contributed by atoms with Crippen LogP contribution in [0.3, 0.4) is 0 Å². The first kappa shape index (κ1) is 16.4. The molecule has 2 rings (SSSR count). The summed E-state index contributed by atoms with van der Waals surface area (Å²) in [7, 11) is 0. The molecule has 1 saturated carbocycles. The van der Waals surface area contributed by atoms with Crippen LogP contribution in [0.15, 0.2) is 5.38 Å². The molecule has 1 aliphatic rings. The minimum absolute atomic E-state index is 0.0707. The number of nitrogens with zero attached hydrogens (tertiary/aromatic N) is 1. The Bertz CT molecular complexity index is 505. The fourth-order valence-electron chi connectivity index (χ4n) is 2.53. The van der Waals surface area contributed by atoms with Crippen LogP contribution in [0.2, 0.25) is 0 Å². The Balaban J connectivity index is 2.03. The summed E-state index contributed by atoms with van der Waals surface area (Å²) in [6, 6.07) is -0.208. The predicted octanol–water partition coefficient (Wildman–Crippen LogP) is 3.11. The Morgan fingerprint density at radius 2 is 2.19 bits per heavy atom. The average Bonchev–Trinajstić information content (AvgIpc) is 2.79. The number of hydrogen-bond donors (Lipinski definition) is 2. The van der Waals surface area contributed by atoms with Gasteiger partial charge in [0, 0.05) is 16.6 Å². The minimum Gasteiger partial charge on any atom is -0.350 e. The second kappa shape index (κ2) is 6.05. The maximum absolute atomic E-state index is 12.4. The molecule has 0 saturated heterocycles. The van der Waals surface area contributed by atoms with Gasteiger partial charge in [-0.1, -0.05) is 6.92 Å². The molecule has 1 aromatic heterocycles. The van der Waals surface area contributed by atoms with Crippen molar-refractivity contribution >= 4 is 17.2 Å². The lowest BCUT2D eigenvalue weighted by Gasteiger charge is -2.43. The molecule has 2 N–H and O–H groups in total. The van der Waals surface area contributed by atoms with E-state index in [1.165, 1.54) is 6.42 Å². The van der Waals surface area contributed by atoms with Gasteiger partial charge in [-0.3, -0.25) is 10.1 Å². The lowest BCUT2D eigenvalue weighted by Crippen LogP contribution is -2.58. The van der Waals surface area contributed by atoms with Gasteiger partial charge in [-0.2, -0.15) is 0 Å². The molecule has 118 valence electrons. The highest BCUT2D eigenvalue weighted by Gasteiger charge is 2.43. The maximum Gasteiger partial charge on any atom is 0.237 e. The van der Waals surface area contributed by atoms with Crippen LogP contribution in [0.5, 0.6) is 0 Å². The van der Waals surface area contributed by atoms with E-state index in [0.717, 1.165) is 30.0 Å². The zero-order valence-corrected chi connectivity index (χ0v) is 14.6. The first-order valence-corrected chi connectivity index (χ1v) is 8.68. The second-order valence-corrected chi connectivity index (χ2v) is 7.68. The van der Waals surface area contributed by atoms with Gasteiger partial charge in [-0.05, 0) is 53.4 Å². The fraction of sp³-hybridized carbons (Fsp3) is 0.750. The minimum atomic E-state index is -0.208. The van der Waals surface area contributed by atoms with E-state index >= 15 is 0 Å². The molecule has 1 amide bonds. The first-order chi connectivity index (χ1) is 9.78. The zero-order chi connectivity index (χ0) is 15.7. The molecule has 1 heterocycles. The van der Waals surface area contributed by atoms with E-state index in [2.05, 4.69) is 41.8 Å². The summed E-state index contributed by atoms with van der Waals surface area (Å²) in [5, 5.41) is 9.87. The van der Waals surface area contributed by atoms with Crippen molar-refractivity contribution in [2.45, 2.75) is 77.4 Å². The maximum atomic E-state index is 12.4. The molecule has 0 bridgehead atoms. The molecule has 1 aromatic rings. The van der Waals surface area contributed by atoms with Gasteiger partial charge < -0.3 is 5.32 Å². The Kier molecular flexibility index (Phi) is 4.73. The van der Waals surface area contributed by atoms with E-state index in [-0.39, 0.29) is 23.0 Å². The van der Waals surface area contributed by atoms with Gasteiger partial charge in [0.2, 0.25) is 5.91 Å². The summed E-state index contributed by atoms with van der Waals surface area (Å²) in [5.41, 5.74) is 0.816. The normalized spacial score (nSPS) is 18.9. The van der Waals surface area contributed by atoms with Crippen molar-refractivity contribution in [3.8, 4) is 0 Å². The predicted molar refractivity (Wildman–Crippen MR) is 87.5 cm³/mol. The lowest BCUT2D eigenvalue weighted by molar-refractivity contribution is -0.125. The topological polar surface area (TPSA) is 54.0 Å². The summed E-state index contributed by atoms with van der Waals surface area (Å²) < 4.78 is 0. The second-order valence-electron chi connectivity index (χ2n) is 6.82. The number of aromatic nitrogens is 1. The van der Waals surface area contributed by atoms with Crippen LogP contribution in [0.1, 0.15) is 64.1 Å². The highest BCUT2D eigenvalue weighted by Crippen LogP contribution is 2.42. The van der Waals surface area contributed by atoms with Crippen LogP contribution < -0.4 is 10.6 Å². The Morgan fingerprint density at radius 1 is 1.52 bits per heavy atom. The lowest BCUT2D eigenvalue weighted by atomic mass is 9.76. The van der Waals surface area contributed by atoms with E-state index in [4.69, 9.17) is 0 Å². The van der Waals surface area contributed by atoms with Gasteiger partial charge in [0.05, 0.1) is 11.6 Å². The fourth-order valence-corrected chi connectivity index (χ4v) is 3.55. The van der Waals surface area contributed by atoms with Gasteiger partial charge in [-0.25, -0.2) is 4.98 Å². The van der Waals surface area contributed by atoms with Crippen LogP contribution in [-0.2, 0) is 10.3 Å². The number of aryl methyl sites for hydroxylation is 1. The molecule has 0 unspecified atom stereocenters. The van der Waals surface area contributed by atoms with Crippen LogP contribution in [0.4, 0.5) is 0 Å². The SMILES string of the molecule is CCC(C)(C)NC(=O)[C@H](C)NC1(c2nc(C)cs2)CCC1. The molecule has 4 nitrogen and oxygen atoms in total. The highest BCUT2D eigenvalue weighted by molar-refractivity contribution is 7.09. The van der Waals surface area contributed by atoms with E-state index in [1.54, 1.807) is 11.3 Å². The van der Waals surface area contributed by atoms with E-state index in [1.807, 2.05) is 13.8 Å². The zero-order valence-electron chi connectivity index (χ0n) is 13.7. The molecule has 0 aromatic carbocycles. The summed E-state index contributed by atoms with van der Waals surface area (Å²) in [6.45, 7) is 10.2. The molecule has 0 spiro atoms. The smallest absolute Gasteiger partial charge is 0.237 e. The highest BCUT2D eigenvalue weighted by atomic mass is 32.1. The van der Waals surface area contributed by atoms with Crippen molar-refractivity contribution < 1.29 is 4.79 Å². The van der Waals surface area contributed by atoms with Crippen molar-refractivity contribution in [1.29, 1.82) is 0 Å². The standard InChI is InChI=1S/C16H27N3OS/c1-6-15(4,5)19-13(20)12(3)18-16(8-7-9-16)14-17-11(2)10-21-14/h10,12,18H,6-9H2,1-5H3,(H,19,20)/t12-/m0/s1. The quantitative estimate of drug-likeness (QED) is 0.849. The van der Waals surface area contributed by atoms with Gasteiger partial charge in [0.15, 0.2) is 0 Å². The molecule has 1 fully saturated rings. The molecule has 0 radical (unpaired) electrons. The van der Waals surface area contributed by atoms with Crippen molar-refractivity contribution in [2.24, 2.45) is 0 Å². The number of carbonyl (C=O) groups is 1. The van der Waals surface area contributed by atoms with Gasteiger partial charge in [-0.15, -0.1) is 11.3 Å². The van der Waals surface area contributed by atoms with E-state index < -0.39 is 0 Å². The third-order valence-corrected chi connectivity index (χ3v) is 5.63. The molecule has 0 aliphatic heterocycles. The van der Waals surface area contributed by atoms with Crippen molar-refractivity contribution in [3.05, 3.63) is 16.1 Å². The molecule has 1 aliphatic carbocycles. The van der Waals surface area contributed by atoms with Crippen LogP contribution in [0, 0.1) is 6.92 Å². The van der Waals surface area contributed by atoms with Crippen LogP contribution in [0.25, 0.3) is 0 Å². The Hall–Kier alpha value is -0.940. The molecule has 1 atom stereocenters. The number of amides is 1. The summed E-state index contributed by atoms with van der Waals surface area (Å²) >= 11 is 1.70. The van der Waals surface area contributed by atoms with Gasteiger partial charge >= 0.3 is 0 Å². The van der Waals surface area contributed by atoms with Gasteiger partial charge in [0.1, 0.15) is 5.01 Å². The summed E-state index contributed by atoms with van der Waals surface area (Å²) in [4.78, 5) is 17.0. The third-order valence-electron chi connectivity index (χ3n) is 4.47. The average molecular weight is 309 g/mol. The summed E-state index contributed by atoms with van der Waals surface area (Å²) in [6.07, 6.45) is 4.24. The molecular formula is C16H27N3OS. The molecule has 5 heteroatoms. The number of rotatable bonds is 6. The number of thiazole rings is 1. The van der Waals surface area contributed by atoms with Crippen molar-refractivity contribution in [3.63, 3.8) is 0 Å². The number of nitrogens with one attached hydrogen (secondary N) is 2. The van der Waals surface area contributed by atoms with E-state index in [0.29, 0.717) is 0 Å². The summed E-state index contributed by atoms with van der Waals surface area (Å²) in [5.74, 6) is 0.0707.